The number of ether oxygens (including phenoxy) is 2. The minimum atomic E-state index is -5.22. The van der Waals surface area contributed by atoms with Gasteiger partial charge in [-0.1, -0.05) is 0 Å². The van der Waals surface area contributed by atoms with Gasteiger partial charge in [0.25, 0.3) is 5.56 Å². The van der Waals surface area contributed by atoms with E-state index in [9.17, 15) is 39.0 Å². The van der Waals surface area contributed by atoms with E-state index in [0.29, 0.717) is 0 Å². The maximum atomic E-state index is 13.2. The minimum Gasteiger partial charge on any atom is -0.394 e. The summed E-state index contributed by atoms with van der Waals surface area (Å²) in [5.74, 6) is 4.79. The van der Waals surface area contributed by atoms with E-state index < -0.39 is 83.7 Å². The molecule has 1 aliphatic heterocycles. The molecule has 2 unspecified atom stereocenters. The number of aromatic nitrogens is 4. The highest BCUT2D eigenvalue weighted by Crippen LogP contribution is 2.49. The molecule has 1 aliphatic rings. The highest BCUT2D eigenvalue weighted by molar-refractivity contribution is 7.47. The summed E-state index contributed by atoms with van der Waals surface area (Å²) in [4.78, 5) is 46.2. The van der Waals surface area contributed by atoms with Crippen LogP contribution in [-0.2, 0) is 32.2 Å². The van der Waals surface area contributed by atoms with Crippen molar-refractivity contribution in [2.24, 2.45) is 21.7 Å². The van der Waals surface area contributed by atoms with Crippen LogP contribution in [-0.4, -0.2) is 133 Å². The van der Waals surface area contributed by atoms with Crippen LogP contribution in [0.15, 0.2) is 21.2 Å². The number of hydrogen-bond acceptors (Lipinski definition) is 18. The summed E-state index contributed by atoms with van der Waals surface area (Å²) in [6.45, 7) is -2.12. The van der Waals surface area contributed by atoms with Crippen molar-refractivity contribution in [1.82, 2.24) is 24.8 Å². The molecule has 10 atom stereocenters. The molecule has 2 aromatic heterocycles. The number of anilines is 1. The third-order valence-corrected chi connectivity index (χ3v) is 7.70. The van der Waals surface area contributed by atoms with Gasteiger partial charge in [0.15, 0.2) is 23.5 Å². The van der Waals surface area contributed by atoms with Crippen LogP contribution in [0, 0.1) is 0 Å². The molecule has 0 radical (unpaired) electrons. The van der Waals surface area contributed by atoms with Gasteiger partial charge in [-0.15, -0.1) is 9.42 Å². The average molecular weight is 686 g/mol. The molecule has 25 heteroatoms. The van der Waals surface area contributed by atoms with E-state index >= 15 is 0 Å². The number of aliphatic hydroxyl groups excluding tert-OH is 3. The maximum Gasteiger partial charge on any atom is 0.695 e. The zero-order chi connectivity index (χ0) is 33.3. The summed E-state index contributed by atoms with van der Waals surface area (Å²) in [5, 5.41) is 37.2. The van der Waals surface area contributed by atoms with Crippen molar-refractivity contribution < 1.29 is 57.3 Å². The number of imidazole rings is 1. The number of H-pyrrole nitrogens is 1. The minimum absolute atomic E-state index is 0.0810. The number of hydrogen-bond donors (Lipinski definition) is 10. The van der Waals surface area contributed by atoms with Crippen molar-refractivity contribution in [3.8, 4) is 0 Å². The van der Waals surface area contributed by atoms with Gasteiger partial charge in [-0.2, -0.15) is 10.1 Å². The number of aliphatic imine (C=N–C) groups is 1. The largest absolute Gasteiger partial charge is 0.695 e. The van der Waals surface area contributed by atoms with Crippen molar-refractivity contribution in [2.75, 3.05) is 39.1 Å². The molecule has 45 heavy (non-hydrogen) atoms. The van der Waals surface area contributed by atoms with Gasteiger partial charge < -0.3 is 52.3 Å². The Hall–Kier alpha value is -3.02. The summed E-state index contributed by atoms with van der Waals surface area (Å²) >= 11 is 0. The Balaban J connectivity index is 1.85. The molecule has 1 saturated heterocycles. The molecular weight excluding hydrogens is 650 g/mol. The lowest BCUT2D eigenvalue weighted by molar-refractivity contribution is -0.0943. The molecule has 2 aromatic rings. The Morgan fingerprint density at radius 1 is 1.42 bits per heavy atom. The Labute approximate surface area is 254 Å². The van der Waals surface area contributed by atoms with Crippen LogP contribution in [0.2, 0.25) is 0 Å². The van der Waals surface area contributed by atoms with Crippen molar-refractivity contribution >= 4 is 45.7 Å². The molecule has 0 amide bonds. The summed E-state index contributed by atoms with van der Waals surface area (Å²) in [7, 11) is -7.11. The number of nitrogen functional groups attached to an aromatic ring is 1. The zero-order valence-electron chi connectivity index (χ0n) is 23.5. The monoisotopic (exact) mass is 685 g/mol. The number of rotatable bonds is 18. The van der Waals surface area contributed by atoms with Gasteiger partial charge in [-0.25, -0.2) is 9.55 Å². The fourth-order valence-electron chi connectivity index (χ4n) is 4.23. The third kappa shape index (κ3) is 9.50. The van der Waals surface area contributed by atoms with Crippen LogP contribution in [0.1, 0.15) is 6.23 Å². The normalized spacial score (nSPS) is 25.0. The molecular formula is C20H35N10O13P2+. The van der Waals surface area contributed by atoms with E-state index in [1.54, 1.807) is 0 Å². The topological polar surface area (TPSA) is 360 Å². The summed E-state index contributed by atoms with van der Waals surface area (Å²) < 4.78 is 52.2. The van der Waals surface area contributed by atoms with Gasteiger partial charge in [0.05, 0.1) is 38.5 Å². The first kappa shape index (κ1) is 36.4. The molecule has 1 fully saturated rings. The van der Waals surface area contributed by atoms with Crippen molar-refractivity contribution in [3.05, 3.63) is 16.7 Å². The molecule has 13 N–H and O–H groups in total. The molecule has 23 nitrogen and oxygen atoms in total. The van der Waals surface area contributed by atoms with E-state index in [1.165, 1.54) is 13.4 Å². The lowest BCUT2D eigenvalue weighted by Crippen LogP contribution is -2.54. The molecule has 0 saturated carbocycles. The second kappa shape index (κ2) is 16.5. The van der Waals surface area contributed by atoms with Crippen molar-refractivity contribution in [1.29, 1.82) is 0 Å². The van der Waals surface area contributed by atoms with Crippen LogP contribution in [0.3, 0.4) is 0 Å². The van der Waals surface area contributed by atoms with Crippen LogP contribution in [0.5, 0.6) is 0 Å². The van der Waals surface area contributed by atoms with E-state index in [2.05, 4.69) is 30.4 Å². The second-order valence-corrected chi connectivity index (χ2v) is 11.4. The average Bonchev–Trinajstić information content (AvgIpc) is 3.53. The smallest absolute Gasteiger partial charge is 0.394 e. The highest BCUT2D eigenvalue weighted by atomic mass is 31.2. The molecule has 252 valence electrons. The Bertz CT molecular complexity index is 1440. The Kier molecular flexibility index (Phi) is 13.4. The standard InChI is InChI=1S/C20H34N10O13P2/c1-24-7-25-4-9(21)13(32)15(42-44(35)36)11(39-3-2-27-23)6-40-45(37,38)43-16-14(33)10(5-31)41-19(16)30-8-26-12-17(30)28-20(22)29-18(12)34/h2,7-11,13-16,19,31-33H,3-6,21,23H2,1H3,(H5-,22,24,25,28,29,34,35,36,37,38)/p+1/b27-2+/t9-,10-,11-,13+,14-,15-,16-,19-/m1/s1. The fourth-order valence-corrected chi connectivity index (χ4v) is 5.64. The summed E-state index contributed by atoms with van der Waals surface area (Å²) in [5.41, 5.74) is 10.6. The number of nitrogens with zero attached hydrogens (tertiary/aromatic N) is 5. The van der Waals surface area contributed by atoms with Crippen molar-refractivity contribution in [2.45, 2.75) is 48.9 Å². The first-order valence-corrected chi connectivity index (χ1v) is 15.5. The number of nitrogens with one attached hydrogen (secondary N) is 2. The van der Waals surface area contributed by atoms with Gasteiger partial charge in [-0.3, -0.25) is 28.4 Å². The van der Waals surface area contributed by atoms with Gasteiger partial charge in [0, 0.05) is 24.4 Å². The molecule has 3 heterocycles. The zero-order valence-corrected chi connectivity index (χ0v) is 25.3. The van der Waals surface area contributed by atoms with Gasteiger partial charge in [-0.05, 0) is 0 Å². The predicted molar refractivity (Wildman–Crippen MR) is 154 cm³/mol. The maximum absolute atomic E-state index is 13.2. The predicted octanol–water partition coefficient (Wildman–Crippen LogP) is -4.24. The van der Waals surface area contributed by atoms with E-state index in [0.717, 1.165) is 17.1 Å². The highest BCUT2D eigenvalue weighted by Gasteiger charge is 2.50. The Morgan fingerprint density at radius 3 is 2.80 bits per heavy atom. The second-order valence-electron chi connectivity index (χ2n) is 9.31. The van der Waals surface area contributed by atoms with Gasteiger partial charge in [0.2, 0.25) is 5.95 Å². The van der Waals surface area contributed by atoms with Crippen LogP contribution in [0.4, 0.5) is 5.95 Å². The van der Waals surface area contributed by atoms with Crippen LogP contribution >= 0.6 is 16.1 Å². The summed E-state index contributed by atoms with van der Waals surface area (Å²) in [6, 6.07) is -1.14. The number of phosphoric acid groups is 1. The SMILES string of the molecule is CN=CNC[C@@H](N)[C@H](O)[C@H](O[P+](=O)O)[C@@H](COP(=O)(O)O[C@@H]1[C@H](O)[C@@H](CO)O[C@H]1n1cnc2c(=O)[nH]c(N)nc21)OC/C=N/N. The van der Waals surface area contributed by atoms with Crippen LogP contribution < -0.4 is 28.2 Å². The summed E-state index contributed by atoms with van der Waals surface area (Å²) in [6.07, 6.45) is -7.84. The number of hydrazone groups is 1. The molecule has 0 spiro atoms. The molecule has 0 aromatic carbocycles. The fraction of sp³-hybridized carbons (Fsp3) is 0.650. The Morgan fingerprint density at radius 2 is 2.16 bits per heavy atom. The van der Waals surface area contributed by atoms with E-state index in [4.69, 9.17) is 40.4 Å². The number of fused-ring (bicyclic) bond motifs is 1. The van der Waals surface area contributed by atoms with Gasteiger partial charge in [0.1, 0.15) is 30.5 Å². The molecule has 3 rings (SSSR count). The first-order valence-electron chi connectivity index (χ1n) is 12.9. The third-order valence-electron chi connectivity index (χ3n) is 6.29. The van der Waals surface area contributed by atoms with Gasteiger partial charge >= 0.3 is 16.1 Å². The lowest BCUT2D eigenvalue weighted by Gasteiger charge is -2.30. The van der Waals surface area contributed by atoms with Crippen LogP contribution in [0.25, 0.3) is 11.2 Å². The number of phosphoric ester groups is 1. The van der Waals surface area contributed by atoms with E-state index in [1.807, 2.05) is 0 Å². The van der Waals surface area contributed by atoms with E-state index in [-0.39, 0.29) is 30.3 Å². The lowest BCUT2D eigenvalue weighted by atomic mass is 10.0. The first-order chi connectivity index (χ1) is 21.3. The molecule has 0 aliphatic carbocycles. The number of aromatic amines is 1. The quantitative estimate of drug-likeness (QED) is 0.0233. The molecule has 0 bridgehead atoms. The number of nitrogens with two attached hydrogens (primary N) is 3. The van der Waals surface area contributed by atoms with Crippen molar-refractivity contribution in [3.63, 3.8) is 0 Å². The number of aliphatic hydroxyl groups is 3.